The van der Waals surface area contributed by atoms with Gasteiger partial charge < -0.3 is 14.8 Å². The minimum atomic E-state index is 0.126. The van der Waals surface area contributed by atoms with E-state index < -0.39 is 0 Å². The van der Waals surface area contributed by atoms with Crippen LogP contribution in [0.3, 0.4) is 0 Å². The topological polar surface area (TPSA) is 58.3 Å². The molecule has 0 radical (unpaired) electrons. The number of aliphatic hydroxyl groups excluding tert-OH is 1. The highest BCUT2D eigenvalue weighted by atomic mass is 16.4. The van der Waals surface area contributed by atoms with E-state index in [1.54, 1.807) is 6.20 Å². The van der Waals surface area contributed by atoms with Gasteiger partial charge in [0.25, 0.3) is 0 Å². The Morgan fingerprint density at radius 3 is 3.00 bits per heavy atom. The van der Waals surface area contributed by atoms with Crippen LogP contribution in [0, 0.1) is 0 Å². The van der Waals surface area contributed by atoms with Crippen LogP contribution < -0.4 is 5.32 Å². The summed E-state index contributed by atoms with van der Waals surface area (Å²) in [6.45, 7) is 2.21. The van der Waals surface area contributed by atoms with Crippen molar-refractivity contribution in [1.82, 2.24) is 10.3 Å². The molecular weight excluding hydrogens is 180 g/mol. The molecule has 2 heterocycles. The van der Waals surface area contributed by atoms with Gasteiger partial charge in [-0.15, -0.1) is 0 Å². The number of nitrogens with zero attached hydrogens (tertiary/aromatic N) is 1. The monoisotopic (exact) mass is 196 g/mol. The Bertz CT molecular complexity index is 279. The van der Waals surface area contributed by atoms with E-state index >= 15 is 0 Å². The van der Waals surface area contributed by atoms with Crippen molar-refractivity contribution < 1.29 is 9.52 Å². The van der Waals surface area contributed by atoms with E-state index in [0.29, 0.717) is 12.3 Å². The summed E-state index contributed by atoms with van der Waals surface area (Å²) in [6.07, 6.45) is 4.49. The predicted molar refractivity (Wildman–Crippen MR) is 52.1 cm³/mol. The summed E-state index contributed by atoms with van der Waals surface area (Å²) in [7, 11) is 0. The molecule has 4 nitrogen and oxygen atoms in total. The average Bonchev–Trinajstić information content (AvgIpc) is 2.68. The largest absolute Gasteiger partial charge is 0.445 e. The summed E-state index contributed by atoms with van der Waals surface area (Å²) in [6, 6.07) is 0. The van der Waals surface area contributed by atoms with Crippen LogP contribution in [-0.4, -0.2) is 29.8 Å². The standard InChI is InChI=1S/C10H16N2O2/c13-6-3-9-7-12-10(14-9)8-1-4-11-5-2-8/h7-8,11,13H,1-6H2. The van der Waals surface area contributed by atoms with Crippen LogP contribution in [0.15, 0.2) is 10.6 Å². The smallest absolute Gasteiger partial charge is 0.197 e. The van der Waals surface area contributed by atoms with Crippen molar-refractivity contribution in [2.45, 2.75) is 25.2 Å². The van der Waals surface area contributed by atoms with E-state index in [2.05, 4.69) is 10.3 Å². The van der Waals surface area contributed by atoms with Crippen molar-refractivity contribution in [3.63, 3.8) is 0 Å². The summed E-state index contributed by atoms with van der Waals surface area (Å²) >= 11 is 0. The fraction of sp³-hybridized carbons (Fsp3) is 0.700. The Morgan fingerprint density at radius 2 is 2.29 bits per heavy atom. The molecule has 1 aromatic rings. The van der Waals surface area contributed by atoms with Crippen LogP contribution in [0.1, 0.15) is 30.4 Å². The molecule has 1 fully saturated rings. The number of nitrogens with one attached hydrogen (secondary N) is 1. The molecule has 0 atom stereocenters. The van der Waals surface area contributed by atoms with Crippen molar-refractivity contribution in [2.24, 2.45) is 0 Å². The van der Waals surface area contributed by atoms with E-state index in [9.17, 15) is 0 Å². The van der Waals surface area contributed by atoms with Gasteiger partial charge in [-0.25, -0.2) is 4.98 Å². The van der Waals surface area contributed by atoms with Crippen LogP contribution in [0.5, 0.6) is 0 Å². The third-order valence-electron chi connectivity index (χ3n) is 2.62. The van der Waals surface area contributed by atoms with Gasteiger partial charge in [-0.3, -0.25) is 0 Å². The van der Waals surface area contributed by atoms with Gasteiger partial charge in [-0.1, -0.05) is 0 Å². The van der Waals surface area contributed by atoms with Gasteiger partial charge in [0, 0.05) is 12.3 Å². The first-order valence-electron chi connectivity index (χ1n) is 5.16. The lowest BCUT2D eigenvalue weighted by Gasteiger charge is -2.19. The molecule has 4 heteroatoms. The zero-order valence-corrected chi connectivity index (χ0v) is 8.20. The Labute approximate surface area is 83.3 Å². The van der Waals surface area contributed by atoms with Crippen molar-refractivity contribution >= 4 is 0 Å². The molecule has 0 aliphatic carbocycles. The molecule has 0 unspecified atom stereocenters. The van der Waals surface area contributed by atoms with Crippen LogP contribution in [0.4, 0.5) is 0 Å². The molecule has 1 saturated heterocycles. The second kappa shape index (κ2) is 4.57. The fourth-order valence-corrected chi connectivity index (χ4v) is 1.81. The van der Waals surface area contributed by atoms with Gasteiger partial charge in [0.05, 0.1) is 12.8 Å². The lowest BCUT2D eigenvalue weighted by Crippen LogP contribution is -2.26. The van der Waals surface area contributed by atoms with Crippen molar-refractivity contribution in [3.8, 4) is 0 Å². The lowest BCUT2D eigenvalue weighted by atomic mass is 9.98. The van der Waals surface area contributed by atoms with Gasteiger partial charge in [0.15, 0.2) is 5.89 Å². The number of aromatic nitrogens is 1. The minimum absolute atomic E-state index is 0.126. The summed E-state index contributed by atoms with van der Waals surface area (Å²) < 4.78 is 5.56. The van der Waals surface area contributed by atoms with Crippen LogP contribution in [-0.2, 0) is 6.42 Å². The first-order chi connectivity index (χ1) is 6.90. The maximum absolute atomic E-state index is 8.74. The normalized spacial score (nSPS) is 18.6. The van der Waals surface area contributed by atoms with E-state index in [0.717, 1.165) is 37.6 Å². The van der Waals surface area contributed by atoms with E-state index in [1.165, 1.54) is 0 Å². The first kappa shape index (κ1) is 9.68. The first-order valence-corrected chi connectivity index (χ1v) is 5.16. The van der Waals surface area contributed by atoms with E-state index in [4.69, 9.17) is 9.52 Å². The Morgan fingerprint density at radius 1 is 1.50 bits per heavy atom. The van der Waals surface area contributed by atoms with Gasteiger partial charge >= 0.3 is 0 Å². The van der Waals surface area contributed by atoms with Gasteiger partial charge in [-0.05, 0) is 25.9 Å². The molecule has 2 rings (SSSR count). The molecule has 2 N–H and O–H groups in total. The second-order valence-corrected chi connectivity index (χ2v) is 3.66. The molecule has 14 heavy (non-hydrogen) atoms. The number of oxazole rings is 1. The maximum atomic E-state index is 8.74. The Hall–Kier alpha value is -0.870. The zero-order chi connectivity index (χ0) is 9.80. The quantitative estimate of drug-likeness (QED) is 0.746. The molecular formula is C10H16N2O2. The molecule has 0 bridgehead atoms. The third kappa shape index (κ3) is 2.13. The molecule has 0 aromatic carbocycles. The SMILES string of the molecule is OCCc1cnc(C2CCNCC2)o1. The number of hydrogen-bond acceptors (Lipinski definition) is 4. The Balaban J connectivity index is 2.00. The zero-order valence-electron chi connectivity index (χ0n) is 8.20. The van der Waals surface area contributed by atoms with Crippen molar-refractivity contribution in [1.29, 1.82) is 0 Å². The van der Waals surface area contributed by atoms with Gasteiger partial charge in [-0.2, -0.15) is 0 Å². The highest BCUT2D eigenvalue weighted by Gasteiger charge is 2.19. The molecule has 1 aromatic heterocycles. The molecule has 0 amide bonds. The Kier molecular flexibility index (Phi) is 3.16. The van der Waals surface area contributed by atoms with E-state index in [-0.39, 0.29) is 6.61 Å². The van der Waals surface area contributed by atoms with Gasteiger partial charge in [0.1, 0.15) is 5.76 Å². The predicted octanol–water partition coefficient (Wildman–Crippen LogP) is 0.676. The van der Waals surface area contributed by atoms with Crippen molar-refractivity contribution in [3.05, 3.63) is 17.8 Å². The number of piperidine rings is 1. The molecule has 78 valence electrons. The van der Waals surface area contributed by atoms with Gasteiger partial charge in [0.2, 0.25) is 0 Å². The average molecular weight is 196 g/mol. The fourth-order valence-electron chi connectivity index (χ4n) is 1.81. The highest BCUT2D eigenvalue weighted by Crippen LogP contribution is 2.24. The lowest BCUT2D eigenvalue weighted by molar-refractivity contribution is 0.281. The third-order valence-corrected chi connectivity index (χ3v) is 2.62. The van der Waals surface area contributed by atoms with Crippen LogP contribution >= 0.6 is 0 Å². The summed E-state index contributed by atoms with van der Waals surface area (Å²) in [5, 5.41) is 12.0. The van der Waals surface area contributed by atoms with Crippen molar-refractivity contribution in [2.75, 3.05) is 19.7 Å². The van der Waals surface area contributed by atoms with Crippen LogP contribution in [0.2, 0.25) is 0 Å². The maximum Gasteiger partial charge on any atom is 0.197 e. The number of hydrogen-bond donors (Lipinski definition) is 2. The summed E-state index contributed by atoms with van der Waals surface area (Å²) in [4.78, 5) is 4.25. The van der Waals surface area contributed by atoms with Crippen LogP contribution in [0.25, 0.3) is 0 Å². The molecule has 0 spiro atoms. The number of aliphatic hydroxyl groups is 1. The van der Waals surface area contributed by atoms with E-state index in [1.807, 2.05) is 0 Å². The molecule has 0 saturated carbocycles. The highest BCUT2D eigenvalue weighted by molar-refractivity contribution is 5.00. The molecule has 1 aliphatic rings. The minimum Gasteiger partial charge on any atom is -0.445 e. The summed E-state index contributed by atoms with van der Waals surface area (Å²) in [5.74, 6) is 2.10. The molecule has 1 aliphatic heterocycles. The number of rotatable bonds is 3. The second-order valence-electron chi connectivity index (χ2n) is 3.66. The summed E-state index contributed by atoms with van der Waals surface area (Å²) in [5.41, 5.74) is 0.